The number of aliphatic hydroxyl groups excluding tert-OH is 1. The van der Waals surface area contributed by atoms with E-state index in [0.29, 0.717) is 31.0 Å². The van der Waals surface area contributed by atoms with E-state index in [2.05, 4.69) is 5.32 Å². The quantitative estimate of drug-likeness (QED) is 0.900. The van der Waals surface area contributed by atoms with Gasteiger partial charge in [-0.3, -0.25) is 9.69 Å². The summed E-state index contributed by atoms with van der Waals surface area (Å²) in [6.45, 7) is 3.09. The molecule has 1 atom stereocenters. The highest BCUT2D eigenvalue weighted by Crippen LogP contribution is 2.20. The molecular formula is C14H18ClFN2O2. The zero-order valence-electron chi connectivity index (χ0n) is 11.3. The third-order valence-corrected chi connectivity index (χ3v) is 3.85. The molecule has 0 spiro atoms. The minimum Gasteiger partial charge on any atom is -0.393 e. The number of likely N-dealkylation sites (tertiary alicyclic amines) is 1. The Hall–Kier alpha value is -1.17. The van der Waals surface area contributed by atoms with Gasteiger partial charge >= 0.3 is 0 Å². The molecule has 1 aromatic rings. The van der Waals surface area contributed by atoms with Crippen molar-refractivity contribution < 1.29 is 14.3 Å². The van der Waals surface area contributed by atoms with Crippen LogP contribution in [0.1, 0.15) is 19.8 Å². The molecule has 20 heavy (non-hydrogen) atoms. The van der Waals surface area contributed by atoms with Gasteiger partial charge in [0.1, 0.15) is 5.82 Å². The monoisotopic (exact) mass is 300 g/mol. The Morgan fingerprint density at radius 3 is 2.80 bits per heavy atom. The molecule has 0 aliphatic carbocycles. The van der Waals surface area contributed by atoms with Crippen LogP contribution in [-0.2, 0) is 4.79 Å². The topological polar surface area (TPSA) is 52.6 Å². The van der Waals surface area contributed by atoms with Gasteiger partial charge in [0.05, 0.1) is 17.8 Å². The van der Waals surface area contributed by atoms with Gasteiger partial charge in [0.25, 0.3) is 0 Å². The minimum atomic E-state index is -0.510. The number of rotatable bonds is 3. The normalized spacial score (nSPS) is 18.8. The summed E-state index contributed by atoms with van der Waals surface area (Å²) in [5.41, 5.74) is 0.0893. The Bertz CT molecular complexity index is 490. The van der Waals surface area contributed by atoms with E-state index in [1.54, 1.807) is 6.92 Å². The first-order valence-electron chi connectivity index (χ1n) is 6.65. The average molecular weight is 301 g/mol. The summed E-state index contributed by atoms with van der Waals surface area (Å²) in [4.78, 5) is 14.1. The smallest absolute Gasteiger partial charge is 0.241 e. The lowest BCUT2D eigenvalue weighted by atomic mass is 10.1. The summed E-state index contributed by atoms with van der Waals surface area (Å²) < 4.78 is 13.6. The zero-order chi connectivity index (χ0) is 14.7. The summed E-state index contributed by atoms with van der Waals surface area (Å²) in [5.74, 6) is -0.786. The van der Waals surface area contributed by atoms with E-state index in [-0.39, 0.29) is 23.7 Å². The molecule has 1 aliphatic rings. The molecule has 0 bridgehead atoms. The third-order valence-electron chi connectivity index (χ3n) is 3.61. The predicted octanol–water partition coefficient (Wildman–Crippen LogP) is 2.26. The number of carbonyl (C=O) groups is 1. The Labute approximate surface area is 122 Å². The lowest BCUT2D eigenvalue weighted by Crippen LogP contribution is -2.47. The van der Waals surface area contributed by atoms with Gasteiger partial charge in [-0.1, -0.05) is 11.6 Å². The minimum absolute atomic E-state index is 0.0893. The highest BCUT2D eigenvalue weighted by molar-refractivity contribution is 6.30. The standard InChI is InChI=1S/C14H18ClFN2O2/c1-9(18-6-4-11(19)5-7-18)14(20)17-13-8-10(15)2-3-12(13)16/h2-3,8-9,11,19H,4-7H2,1H3,(H,17,20). The van der Waals surface area contributed by atoms with E-state index in [0.717, 1.165) is 0 Å². The summed E-state index contributed by atoms with van der Waals surface area (Å²) in [5, 5.41) is 12.4. The maximum absolute atomic E-state index is 13.6. The van der Waals surface area contributed by atoms with Crippen LogP contribution in [0.4, 0.5) is 10.1 Å². The number of piperidine rings is 1. The first-order valence-corrected chi connectivity index (χ1v) is 7.03. The molecule has 1 heterocycles. The molecule has 0 aromatic heterocycles. The highest BCUT2D eigenvalue weighted by atomic mass is 35.5. The Balaban J connectivity index is 1.99. The van der Waals surface area contributed by atoms with Crippen LogP contribution in [0.5, 0.6) is 0 Å². The van der Waals surface area contributed by atoms with Crippen molar-refractivity contribution in [2.24, 2.45) is 0 Å². The molecule has 4 nitrogen and oxygen atoms in total. The molecule has 1 saturated heterocycles. The predicted molar refractivity (Wildman–Crippen MR) is 76.3 cm³/mol. The van der Waals surface area contributed by atoms with Gasteiger partial charge in [0.2, 0.25) is 5.91 Å². The van der Waals surface area contributed by atoms with E-state index in [1.165, 1.54) is 18.2 Å². The zero-order valence-corrected chi connectivity index (χ0v) is 12.0. The number of aliphatic hydroxyl groups is 1. The van der Waals surface area contributed by atoms with Crippen LogP contribution in [0.3, 0.4) is 0 Å². The van der Waals surface area contributed by atoms with Crippen molar-refractivity contribution in [1.82, 2.24) is 4.90 Å². The summed E-state index contributed by atoms with van der Waals surface area (Å²) >= 11 is 5.79. The van der Waals surface area contributed by atoms with Crippen LogP contribution in [0.15, 0.2) is 18.2 Å². The van der Waals surface area contributed by atoms with Crippen LogP contribution in [0.25, 0.3) is 0 Å². The third kappa shape index (κ3) is 3.69. The second kappa shape index (κ2) is 6.52. The number of amides is 1. The number of carbonyl (C=O) groups excluding carboxylic acids is 1. The summed E-state index contributed by atoms with van der Waals surface area (Å²) in [6, 6.07) is 3.67. The number of hydrogen-bond donors (Lipinski definition) is 2. The molecule has 6 heteroatoms. The molecule has 1 fully saturated rings. The van der Waals surface area contributed by atoms with Gasteiger partial charge in [-0.25, -0.2) is 4.39 Å². The Kier molecular flexibility index (Phi) is 4.96. The fourth-order valence-electron chi connectivity index (χ4n) is 2.27. The van der Waals surface area contributed by atoms with Crippen LogP contribution in [0, 0.1) is 5.82 Å². The largest absolute Gasteiger partial charge is 0.393 e. The highest BCUT2D eigenvalue weighted by Gasteiger charge is 2.26. The molecule has 2 rings (SSSR count). The van der Waals surface area contributed by atoms with Gasteiger partial charge in [-0.15, -0.1) is 0 Å². The molecule has 1 unspecified atom stereocenters. The van der Waals surface area contributed by atoms with Gasteiger partial charge in [-0.05, 0) is 38.0 Å². The van der Waals surface area contributed by atoms with Gasteiger partial charge < -0.3 is 10.4 Å². The number of hydrogen-bond acceptors (Lipinski definition) is 3. The van der Waals surface area contributed by atoms with E-state index in [4.69, 9.17) is 11.6 Å². The fraction of sp³-hybridized carbons (Fsp3) is 0.500. The first-order chi connectivity index (χ1) is 9.47. The van der Waals surface area contributed by atoms with Gasteiger partial charge in [0, 0.05) is 18.1 Å². The number of halogens is 2. The fourth-order valence-corrected chi connectivity index (χ4v) is 2.44. The van der Waals surface area contributed by atoms with E-state index >= 15 is 0 Å². The lowest BCUT2D eigenvalue weighted by Gasteiger charge is -2.33. The van der Waals surface area contributed by atoms with Crippen LogP contribution >= 0.6 is 11.6 Å². The van der Waals surface area contributed by atoms with Crippen LogP contribution in [0.2, 0.25) is 5.02 Å². The van der Waals surface area contributed by atoms with Crippen molar-refractivity contribution in [3.8, 4) is 0 Å². The SMILES string of the molecule is CC(C(=O)Nc1cc(Cl)ccc1F)N1CCC(O)CC1. The van der Waals surface area contributed by atoms with E-state index in [9.17, 15) is 14.3 Å². The van der Waals surface area contributed by atoms with Crippen molar-refractivity contribution >= 4 is 23.2 Å². The van der Waals surface area contributed by atoms with Gasteiger partial charge in [-0.2, -0.15) is 0 Å². The summed E-state index contributed by atoms with van der Waals surface area (Å²) in [6.07, 6.45) is 1.03. The van der Waals surface area contributed by atoms with Crippen molar-refractivity contribution in [2.45, 2.75) is 31.9 Å². The Morgan fingerprint density at radius 1 is 1.50 bits per heavy atom. The molecule has 1 aliphatic heterocycles. The molecule has 2 N–H and O–H groups in total. The molecule has 0 saturated carbocycles. The van der Waals surface area contributed by atoms with Crippen LogP contribution < -0.4 is 5.32 Å². The Morgan fingerprint density at radius 2 is 2.15 bits per heavy atom. The maximum atomic E-state index is 13.6. The maximum Gasteiger partial charge on any atom is 0.241 e. The second-order valence-electron chi connectivity index (χ2n) is 5.06. The first kappa shape index (κ1) is 15.2. The van der Waals surface area contributed by atoms with Crippen LogP contribution in [-0.4, -0.2) is 41.1 Å². The molecular weight excluding hydrogens is 283 g/mol. The summed E-state index contributed by atoms with van der Waals surface area (Å²) in [7, 11) is 0. The van der Waals surface area contributed by atoms with E-state index < -0.39 is 5.82 Å². The van der Waals surface area contributed by atoms with Crippen molar-refractivity contribution in [2.75, 3.05) is 18.4 Å². The molecule has 0 radical (unpaired) electrons. The molecule has 1 aromatic carbocycles. The average Bonchev–Trinajstić information content (AvgIpc) is 2.43. The van der Waals surface area contributed by atoms with Crippen molar-refractivity contribution in [3.63, 3.8) is 0 Å². The lowest BCUT2D eigenvalue weighted by molar-refractivity contribution is -0.121. The van der Waals surface area contributed by atoms with E-state index in [1.807, 2.05) is 4.90 Å². The number of nitrogens with one attached hydrogen (secondary N) is 1. The molecule has 110 valence electrons. The second-order valence-corrected chi connectivity index (χ2v) is 5.49. The van der Waals surface area contributed by atoms with Gasteiger partial charge in [0.15, 0.2) is 0 Å². The number of benzene rings is 1. The number of nitrogens with zero attached hydrogens (tertiary/aromatic N) is 1. The molecule has 1 amide bonds. The van der Waals surface area contributed by atoms with Crippen molar-refractivity contribution in [3.05, 3.63) is 29.0 Å². The van der Waals surface area contributed by atoms with Crippen molar-refractivity contribution in [1.29, 1.82) is 0 Å². The number of anilines is 1.